The lowest BCUT2D eigenvalue weighted by Gasteiger charge is -2.24. The van der Waals surface area contributed by atoms with Gasteiger partial charge < -0.3 is 31.6 Å². The summed E-state index contributed by atoms with van der Waals surface area (Å²) in [6.07, 6.45) is 1.05. The fraction of sp³-hybridized carbons (Fsp3) is 0.409. The molecule has 5 nitrogen and oxygen atoms in total. The van der Waals surface area contributed by atoms with E-state index in [4.69, 9.17) is 9.47 Å². The normalized spacial score (nSPS) is 20.9. The summed E-state index contributed by atoms with van der Waals surface area (Å²) >= 11 is 1.80. The van der Waals surface area contributed by atoms with Gasteiger partial charge in [0.05, 0.1) is 19.8 Å². The Morgan fingerprint density at radius 3 is 2.52 bits per heavy atom. The van der Waals surface area contributed by atoms with Crippen molar-refractivity contribution in [3.8, 4) is 11.5 Å². The van der Waals surface area contributed by atoms with Gasteiger partial charge in [0, 0.05) is 11.3 Å². The van der Waals surface area contributed by atoms with Gasteiger partial charge >= 0.3 is 5.17 Å². The molecule has 1 atom stereocenters. The molecule has 0 bridgehead atoms. The van der Waals surface area contributed by atoms with E-state index in [1.54, 1.807) is 11.8 Å². The van der Waals surface area contributed by atoms with Gasteiger partial charge in [0.2, 0.25) is 0 Å². The van der Waals surface area contributed by atoms with Crippen LogP contribution < -0.4 is 31.4 Å². The third kappa shape index (κ3) is 4.13. The fourth-order valence-electron chi connectivity index (χ4n) is 3.88. The Morgan fingerprint density at radius 1 is 1.07 bits per heavy atom. The Bertz CT molecular complexity index is 875. The lowest BCUT2D eigenvalue weighted by Crippen LogP contribution is -3.00. The quantitative estimate of drug-likeness (QED) is 0.617. The second-order valence-corrected chi connectivity index (χ2v) is 7.96. The summed E-state index contributed by atoms with van der Waals surface area (Å²) < 4.78 is 13.6. The van der Waals surface area contributed by atoms with E-state index < -0.39 is 5.72 Å². The zero-order valence-electron chi connectivity index (χ0n) is 16.8. The summed E-state index contributed by atoms with van der Waals surface area (Å²) in [4.78, 5) is 2.20. The molecular formula is C22H27BrN2O3S. The maximum Gasteiger partial charge on any atom is 0.316 e. The number of nitrogens with zero attached hydrogens (tertiary/aromatic N) is 2. The van der Waals surface area contributed by atoms with E-state index in [1.165, 1.54) is 0 Å². The van der Waals surface area contributed by atoms with E-state index in [9.17, 15) is 5.11 Å². The van der Waals surface area contributed by atoms with Gasteiger partial charge in [-0.2, -0.15) is 0 Å². The predicted octanol–water partition coefficient (Wildman–Crippen LogP) is 0.659. The van der Waals surface area contributed by atoms with Crippen molar-refractivity contribution in [1.29, 1.82) is 0 Å². The molecule has 1 unspecified atom stereocenters. The first kappa shape index (κ1) is 22.0. The summed E-state index contributed by atoms with van der Waals surface area (Å²) in [7, 11) is 0. The van der Waals surface area contributed by atoms with Crippen LogP contribution in [0.25, 0.3) is 0 Å². The second kappa shape index (κ2) is 9.41. The van der Waals surface area contributed by atoms with Crippen molar-refractivity contribution < 1.29 is 36.1 Å². The number of halogens is 1. The molecule has 0 aromatic heterocycles. The standard InChI is InChI=1S/C22H27N2O3S.BrH/c1-3-26-18-12-10-17(11-13-18)22(25)16-23(21-24(22)14-7-15-28-21)19-8-5-6-9-20(19)27-4-2;/h5-6,8-13,25H,3-4,7,14-16H2,1-2H3;1H/q+1;/p-1. The molecule has 2 aromatic rings. The predicted molar refractivity (Wildman–Crippen MR) is 114 cm³/mol. The minimum Gasteiger partial charge on any atom is -1.00 e. The van der Waals surface area contributed by atoms with E-state index in [1.807, 2.05) is 56.3 Å². The van der Waals surface area contributed by atoms with Gasteiger partial charge in [-0.25, -0.2) is 9.48 Å². The van der Waals surface area contributed by atoms with Crippen LogP contribution in [0.15, 0.2) is 48.5 Å². The molecule has 2 heterocycles. The highest BCUT2D eigenvalue weighted by Gasteiger charge is 2.53. The molecular weight excluding hydrogens is 452 g/mol. The number of hydrogen-bond acceptors (Lipinski definition) is 5. The molecule has 0 saturated heterocycles. The maximum atomic E-state index is 11.8. The summed E-state index contributed by atoms with van der Waals surface area (Å²) in [6, 6.07) is 15.9. The number of β-amino-alcohol motifs (C(OH)–C–C–N with tert-alkyl or cyclic N) is 1. The largest absolute Gasteiger partial charge is 1.00 e. The van der Waals surface area contributed by atoms with Gasteiger partial charge in [-0.1, -0.05) is 12.1 Å². The molecule has 0 radical (unpaired) electrons. The Balaban J connectivity index is 0.00000240. The van der Waals surface area contributed by atoms with Gasteiger partial charge in [0.25, 0.3) is 5.72 Å². The number of thioether (sulfide) groups is 1. The van der Waals surface area contributed by atoms with E-state index in [-0.39, 0.29) is 17.0 Å². The van der Waals surface area contributed by atoms with Gasteiger partial charge in [0.15, 0.2) is 18.0 Å². The maximum absolute atomic E-state index is 11.8. The molecule has 0 fully saturated rings. The van der Waals surface area contributed by atoms with Crippen LogP contribution in [0.4, 0.5) is 5.69 Å². The highest BCUT2D eigenvalue weighted by molar-refractivity contribution is 8.13. The van der Waals surface area contributed by atoms with Crippen LogP contribution in [-0.4, -0.2) is 46.9 Å². The van der Waals surface area contributed by atoms with E-state index in [0.29, 0.717) is 19.8 Å². The monoisotopic (exact) mass is 478 g/mol. The van der Waals surface area contributed by atoms with Crippen molar-refractivity contribution in [3.05, 3.63) is 54.1 Å². The average Bonchev–Trinajstić information content (AvgIpc) is 3.04. The van der Waals surface area contributed by atoms with E-state index >= 15 is 0 Å². The van der Waals surface area contributed by atoms with Crippen LogP contribution in [0.1, 0.15) is 25.8 Å². The van der Waals surface area contributed by atoms with Crippen molar-refractivity contribution in [2.75, 3.05) is 37.0 Å². The third-order valence-corrected chi connectivity index (χ3v) is 6.32. The number of anilines is 1. The van der Waals surface area contributed by atoms with Gasteiger partial charge in [-0.15, -0.1) is 0 Å². The summed E-state index contributed by atoms with van der Waals surface area (Å²) in [5.41, 5.74) is 0.806. The van der Waals surface area contributed by atoms with E-state index in [0.717, 1.165) is 46.6 Å². The van der Waals surface area contributed by atoms with Crippen LogP contribution in [0, 0.1) is 0 Å². The number of hydrogen-bond donors (Lipinski definition) is 1. The SMILES string of the molecule is CCOc1ccc(C2(O)CN(c3ccccc3OCC)C3=[N+]2CCCS3)cc1.[Br-]. The average molecular weight is 479 g/mol. The summed E-state index contributed by atoms with van der Waals surface area (Å²) in [6.45, 7) is 6.50. The summed E-state index contributed by atoms with van der Waals surface area (Å²) in [5.74, 6) is 2.72. The molecule has 0 aliphatic carbocycles. The van der Waals surface area contributed by atoms with Crippen molar-refractivity contribution in [3.63, 3.8) is 0 Å². The lowest BCUT2D eigenvalue weighted by molar-refractivity contribution is -0.656. The zero-order chi connectivity index (χ0) is 19.6. The number of rotatable bonds is 6. The molecule has 29 heavy (non-hydrogen) atoms. The molecule has 0 amide bonds. The minimum absolute atomic E-state index is 0. The van der Waals surface area contributed by atoms with Crippen LogP contribution in [0.2, 0.25) is 0 Å². The molecule has 0 saturated carbocycles. The van der Waals surface area contributed by atoms with Crippen molar-refractivity contribution >= 4 is 22.6 Å². The van der Waals surface area contributed by atoms with Crippen molar-refractivity contribution in [2.45, 2.75) is 26.0 Å². The number of amidine groups is 1. The van der Waals surface area contributed by atoms with Crippen LogP contribution in [0.5, 0.6) is 11.5 Å². The Hall–Kier alpha value is -1.70. The fourth-order valence-corrected chi connectivity index (χ4v) is 5.05. The number of para-hydroxylation sites is 2. The first-order chi connectivity index (χ1) is 13.7. The zero-order valence-corrected chi connectivity index (χ0v) is 19.2. The van der Waals surface area contributed by atoms with Crippen LogP contribution >= 0.6 is 11.8 Å². The number of aliphatic hydroxyl groups is 1. The van der Waals surface area contributed by atoms with E-state index in [2.05, 4.69) is 15.5 Å². The first-order valence-corrected chi connectivity index (χ1v) is 10.9. The molecule has 4 rings (SSSR count). The number of ether oxygens (including phenoxy) is 2. The van der Waals surface area contributed by atoms with Gasteiger partial charge in [-0.05, 0) is 68.4 Å². The Labute approximate surface area is 187 Å². The smallest absolute Gasteiger partial charge is 0.316 e. The second-order valence-electron chi connectivity index (χ2n) is 6.90. The Morgan fingerprint density at radius 2 is 1.79 bits per heavy atom. The van der Waals surface area contributed by atoms with Crippen molar-refractivity contribution in [2.24, 2.45) is 0 Å². The third-order valence-electron chi connectivity index (χ3n) is 5.13. The van der Waals surface area contributed by atoms with Crippen molar-refractivity contribution in [1.82, 2.24) is 0 Å². The highest BCUT2D eigenvalue weighted by atomic mass is 79.9. The van der Waals surface area contributed by atoms with Crippen LogP contribution in [-0.2, 0) is 5.72 Å². The minimum atomic E-state index is -1.08. The number of benzene rings is 2. The molecule has 1 N–H and O–H groups in total. The van der Waals surface area contributed by atoms with Gasteiger partial charge in [0.1, 0.15) is 5.75 Å². The molecule has 2 aromatic carbocycles. The molecule has 0 spiro atoms. The molecule has 2 aliphatic heterocycles. The topological polar surface area (TPSA) is 44.9 Å². The van der Waals surface area contributed by atoms with Crippen LogP contribution in [0.3, 0.4) is 0 Å². The summed E-state index contributed by atoms with van der Waals surface area (Å²) in [5, 5.41) is 12.9. The first-order valence-electron chi connectivity index (χ1n) is 9.90. The van der Waals surface area contributed by atoms with Gasteiger partial charge in [-0.3, -0.25) is 0 Å². The molecule has 156 valence electrons. The molecule has 2 aliphatic rings. The Kier molecular flexibility index (Phi) is 7.14. The molecule has 7 heteroatoms. The lowest BCUT2D eigenvalue weighted by atomic mass is 10.0. The highest BCUT2D eigenvalue weighted by Crippen LogP contribution is 2.40.